The lowest BCUT2D eigenvalue weighted by atomic mass is 10.1. The number of halogens is 1. The average Bonchev–Trinajstić information content (AvgIpc) is 3.02. The van der Waals surface area contributed by atoms with Crippen LogP contribution in [0.3, 0.4) is 0 Å². The Morgan fingerprint density at radius 3 is 2.76 bits per heavy atom. The molecule has 2 aromatic carbocycles. The van der Waals surface area contributed by atoms with E-state index in [9.17, 15) is 0 Å². The van der Waals surface area contributed by atoms with E-state index in [1.165, 1.54) is 0 Å². The van der Waals surface area contributed by atoms with Gasteiger partial charge < -0.3 is 5.32 Å². The molecule has 1 heterocycles. The Bertz CT molecular complexity index is 849. The van der Waals surface area contributed by atoms with E-state index in [2.05, 4.69) is 39.8 Å². The highest BCUT2D eigenvalue weighted by Crippen LogP contribution is 2.13. The molecule has 1 atom stereocenters. The molecule has 0 aliphatic carbocycles. The maximum absolute atomic E-state index is 6.00. The summed E-state index contributed by atoms with van der Waals surface area (Å²) in [5.41, 5.74) is 2.22. The first-order chi connectivity index (χ1) is 12.1. The minimum Gasteiger partial charge on any atom is -0.356 e. The molecule has 0 saturated heterocycles. The van der Waals surface area contributed by atoms with E-state index in [-0.39, 0.29) is 6.04 Å². The summed E-state index contributed by atoms with van der Waals surface area (Å²) in [5.74, 6) is 0.458. The molecule has 0 spiro atoms. The number of anilines is 1. The molecule has 0 aliphatic heterocycles. The summed E-state index contributed by atoms with van der Waals surface area (Å²) in [7, 11) is 0. The molecule has 0 fully saturated rings. The van der Waals surface area contributed by atoms with E-state index >= 15 is 0 Å². The van der Waals surface area contributed by atoms with Crippen molar-refractivity contribution in [1.82, 2.24) is 20.1 Å². The van der Waals surface area contributed by atoms with Crippen molar-refractivity contribution < 1.29 is 0 Å². The second kappa shape index (κ2) is 8.09. The van der Waals surface area contributed by atoms with Gasteiger partial charge in [-0.3, -0.25) is 5.32 Å². The minimum atomic E-state index is 0.0924. The highest BCUT2D eigenvalue weighted by Gasteiger charge is 2.08. The Kier molecular flexibility index (Phi) is 5.63. The van der Waals surface area contributed by atoms with E-state index in [4.69, 9.17) is 23.8 Å². The fourth-order valence-electron chi connectivity index (χ4n) is 2.41. The van der Waals surface area contributed by atoms with Crippen LogP contribution in [-0.4, -0.2) is 19.9 Å². The van der Waals surface area contributed by atoms with Crippen molar-refractivity contribution in [2.75, 3.05) is 5.32 Å². The summed E-state index contributed by atoms with van der Waals surface area (Å²) in [6.45, 7) is 2.64. The zero-order chi connectivity index (χ0) is 17.6. The molecule has 0 unspecified atom stereocenters. The van der Waals surface area contributed by atoms with Crippen molar-refractivity contribution >= 4 is 34.9 Å². The first-order valence-electron chi connectivity index (χ1n) is 7.86. The standard InChI is InChI=1S/C18H18ClN5S/c1-13(15-7-3-2-4-8-15)21-18(25)22-17-20-12-24(23-17)11-14-6-5-9-16(19)10-14/h2-10,12-13H,11H2,1H3,(H2,21,22,23,25)/t13-/m1/s1. The van der Waals surface area contributed by atoms with Gasteiger partial charge in [-0.05, 0) is 42.4 Å². The Balaban J connectivity index is 1.56. The third kappa shape index (κ3) is 5.01. The number of thiocarbonyl (C=S) groups is 1. The summed E-state index contributed by atoms with van der Waals surface area (Å²) in [5, 5.41) is 11.8. The highest BCUT2D eigenvalue weighted by molar-refractivity contribution is 7.80. The molecule has 2 N–H and O–H groups in total. The number of benzene rings is 2. The van der Waals surface area contributed by atoms with Crippen molar-refractivity contribution in [3.05, 3.63) is 77.1 Å². The molecule has 3 rings (SSSR count). The number of hydrogen-bond donors (Lipinski definition) is 2. The first kappa shape index (κ1) is 17.4. The summed E-state index contributed by atoms with van der Waals surface area (Å²) < 4.78 is 1.73. The van der Waals surface area contributed by atoms with Gasteiger partial charge in [0.15, 0.2) is 5.11 Å². The monoisotopic (exact) mass is 371 g/mol. The molecule has 0 saturated carbocycles. The fourth-order valence-corrected chi connectivity index (χ4v) is 2.89. The Morgan fingerprint density at radius 2 is 2.00 bits per heavy atom. The smallest absolute Gasteiger partial charge is 0.248 e. The van der Waals surface area contributed by atoms with Crippen LogP contribution in [0.4, 0.5) is 5.95 Å². The van der Waals surface area contributed by atoms with Crippen molar-refractivity contribution in [2.45, 2.75) is 19.5 Å². The number of nitrogens with one attached hydrogen (secondary N) is 2. The van der Waals surface area contributed by atoms with Gasteiger partial charge in [0.1, 0.15) is 6.33 Å². The van der Waals surface area contributed by atoms with Crippen LogP contribution in [0, 0.1) is 0 Å². The van der Waals surface area contributed by atoms with Crippen LogP contribution in [0.5, 0.6) is 0 Å². The van der Waals surface area contributed by atoms with E-state index in [1.807, 2.05) is 42.5 Å². The van der Waals surface area contributed by atoms with Crippen LogP contribution in [0.1, 0.15) is 24.1 Å². The molecule has 0 bridgehead atoms. The van der Waals surface area contributed by atoms with Gasteiger partial charge in [0.2, 0.25) is 5.95 Å². The molecular weight excluding hydrogens is 354 g/mol. The van der Waals surface area contributed by atoms with Gasteiger partial charge in [0.25, 0.3) is 0 Å². The van der Waals surface area contributed by atoms with Crippen LogP contribution in [-0.2, 0) is 6.54 Å². The van der Waals surface area contributed by atoms with Gasteiger partial charge in [0, 0.05) is 5.02 Å². The molecule has 3 aromatic rings. The van der Waals surface area contributed by atoms with Gasteiger partial charge in [-0.2, -0.15) is 0 Å². The lowest BCUT2D eigenvalue weighted by Gasteiger charge is -2.16. The lowest BCUT2D eigenvalue weighted by Crippen LogP contribution is -2.31. The lowest BCUT2D eigenvalue weighted by molar-refractivity contribution is 0.686. The number of nitrogens with zero attached hydrogens (tertiary/aromatic N) is 3. The minimum absolute atomic E-state index is 0.0924. The van der Waals surface area contributed by atoms with E-state index in [1.54, 1.807) is 11.0 Å². The second-order valence-corrected chi connectivity index (χ2v) is 6.47. The molecule has 5 nitrogen and oxygen atoms in total. The maximum atomic E-state index is 6.00. The zero-order valence-electron chi connectivity index (χ0n) is 13.7. The highest BCUT2D eigenvalue weighted by atomic mass is 35.5. The van der Waals surface area contributed by atoms with Crippen molar-refractivity contribution in [3.63, 3.8) is 0 Å². The molecule has 0 amide bonds. The van der Waals surface area contributed by atoms with Crippen LogP contribution in [0.15, 0.2) is 60.9 Å². The van der Waals surface area contributed by atoms with Crippen LogP contribution in [0.25, 0.3) is 0 Å². The summed E-state index contributed by atoms with van der Waals surface area (Å²) in [6, 6.07) is 17.9. The third-order valence-electron chi connectivity index (χ3n) is 3.64. The van der Waals surface area contributed by atoms with E-state index in [0.29, 0.717) is 22.6 Å². The second-order valence-electron chi connectivity index (χ2n) is 5.63. The molecular formula is C18H18ClN5S. The molecule has 128 valence electrons. The number of hydrogen-bond acceptors (Lipinski definition) is 3. The first-order valence-corrected chi connectivity index (χ1v) is 8.65. The predicted octanol–water partition coefficient (Wildman–Crippen LogP) is 4.03. The Labute approximate surface area is 157 Å². The molecule has 25 heavy (non-hydrogen) atoms. The normalized spacial score (nSPS) is 11.8. The maximum Gasteiger partial charge on any atom is 0.248 e. The topological polar surface area (TPSA) is 54.8 Å². The van der Waals surface area contributed by atoms with Crippen molar-refractivity contribution in [1.29, 1.82) is 0 Å². The third-order valence-corrected chi connectivity index (χ3v) is 4.10. The summed E-state index contributed by atoms with van der Waals surface area (Å²) in [4.78, 5) is 4.24. The van der Waals surface area contributed by atoms with Crippen molar-refractivity contribution in [3.8, 4) is 0 Å². The Hall–Kier alpha value is -2.44. The molecule has 0 radical (unpaired) electrons. The van der Waals surface area contributed by atoms with E-state index < -0.39 is 0 Å². The van der Waals surface area contributed by atoms with Crippen LogP contribution < -0.4 is 10.6 Å². The average molecular weight is 372 g/mol. The predicted molar refractivity (Wildman–Crippen MR) is 105 cm³/mol. The zero-order valence-corrected chi connectivity index (χ0v) is 15.3. The SMILES string of the molecule is C[C@@H](NC(=S)Nc1ncn(Cc2cccc(Cl)c2)n1)c1ccccc1. The Morgan fingerprint density at radius 1 is 1.20 bits per heavy atom. The molecule has 0 aliphatic rings. The van der Waals surface area contributed by atoms with Crippen molar-refractivity contribution in [2.24, 2.45) is 0 Å². The summed E-state index contributed by atoms with van der Waals surface area (Å²) >= 11 is 11.3. The van der Waals surface area contributed by atoms with Gasteiger partial charge in [-0.25, -0.2) is 9.67 Å². The largest absolute Gasteiger partial charge is 0.356 e. The molecule has 7 heteroatoms. The van der Waals surface area contributed by atoms with Gasteiger partial charge in [0.05, 0.1) is 12.6 Å². The van der Waals surface area contributed by atoms with E-state index in [0.717, 1.165) is 11.1 Å². The van der Waals surface area contributed by atoms with Gasteiger partial charge in [-0.1, -0.05) is 54.1 Å². The fraction of sp³-hybridized carbons (Fsp3) is 0.167. The molecule has 1 aromatic heterocycles. The van der Waals surface area contributed by atoms with Gasteiger partial charge in [-0.15, -0.1) is 5.10 Å². The number of rotatable bonds is 5. The van der Waals surface area contributed by atoms with Crippen LogP contribution in [0.2, 0.25) is 5.02 Å². The number of aromatic nitrogens is 3. The summed E-state index contributed by atoms with van der Waals surface area (Å²) in [6.07, 6.45) is 1.66. The van der Waals surface area contributed by atoms with Gasteiger partial charge >= 0.3 is 0 Å². The van der Waals surface area contributed by atoms with Crippen LogP contribution >= 0.6 is 23.8 Å². The quantitative estimate of drug-likeness (QED) is 0.663.